The van der Waals surface area contributed by atoms with E-state index in [0.29, 0.717) is 6.54 Å². The number of amides is 1. The van der Waals surface area contributed by atoms with Crippen LogP contribution in [0.25, 0.3) is 0 Å². The molecular weight excluding hydrogens is 280 g/mol. The number of nitrogens with one attached hydrogen (secondary N) is 1. The van der Waals surface area contributed by atoms with E-state index < -0.39 is 0 Å². The van der Waals surface area contributed by atoms with E-state index in [9.17, 15) is 9.59 Å². The van der Waals surface area contributed by atoms with Crippen molar-refractivity contribution >= 4 is 5.91 Å². The molecule has 0 unspecified atom stereocenters. The van der Waals surface area contributed by atoms with Gasteiger partial charge in [-0.05, 0) is 18.1 Å². The predicted molar refractivity (Wildman–Crippen MR) is 85.1 cm³/mol. The Morgan fingerprint density at radius 3 is 2.64 bits per heavy atom. The summed E-state index contributed by atoms with van der Waals surface area (Å²) in [5, 5.41) is 2.77. The Kier molecular flexibility index (Phi) is 5.36. The van der Waals surface area contributed by atoms with Crippen molar-refractivity contribution in [2.75, 3.05) is 6.54 Å². The topological polar surface area (TPSA) is 60.3 Å². The summed E-state index contributed by atoms with van der Waals surface area (Å²) in [7, 11) is 1.63. The van der Waals surface area contributed by atoms with Crippen molar-refractivity contribution in [1.82, 2.24) is 9.88 Å². The number of ether oxygens (including phenoxy) is 1. The molecule has 2 aromatic rings. The van der Waals surface area contributed by atoms with Crippen molar-refractivity contribution in [1.29, 1.82) is 0 Å². The van der Waals surface area contributed by atoms with Crippen LogP contribution in [-0.4, -0.2) is 17.0 Å². The molecule has 1 amide bonds. The second kappa shape index (κ2) is 7.45. The molecular formula is C17H20N2O3. The largest absolute Gasteiger partial charge is 0.482 e. The highest BCUT2D eigenvalue weighted by atomic mass is 16.5. The second-order valence-electron chi connectivity index (χ2n) is 5.00. The van der Waals surface area contributed by atoms with E-state index in [2.05, 4.69) is 5.32 Å². The summed E-state index contributed by atoms with van der Waals surface area (Å²) in [6.07, 6.45) is 2.40. The first kappa shape index (κ1) is 15.8. The third-order valence-corrected chi connectivity index (χ3v) is 3.23. The van der Waals surface area contributed by atoms with Crippen LogP contribution in [0.5, 0.6) is 5.75 Å². The van der Waals surface area contributed by atoms with E-state index in [1.54, 1.807) is 19.3 Å². The summed E-state index contributed by atoms with van der Waals surface area (Å²) in [6.45, 7) is 2.78. The Morgan fingerprint density at radius 2 is 1.95 bits per heavy atom. The molecule has 1 aromatic carbocycles. The molecule has 5 heteroatoms. The quantitative estimate of drug-likeness (QED) is 0.889. The zero-order chi connectivity index (χ0) is 15.9. The van der Waals surface area contributed by atoms with E-state index in [0.717, 1.165) is 12.0 Å². The van der Waals surface area contributed by atoms with Gasteiger partial charge in [0.1, 0.15) is 6.61 Å². The molecule has 0 radical (unpaired) electrons. The van der Waals surface area contributed by atoms with E-state index in [-0.39, 0.29) is 29.4 Å². The van der Waals surface area contributed by atoms with Crippen LogP contribution >= 0.6 is 0 Å². The Morgan fingerprint density at radius 1 is 1.23 bits per heavy atom. The predicted octanol–water partition coefficient (Wildman–Crippen LogP) is 2.10. The smallest absolute Gasteiger partial charge is 0.293 e. The molecule has 5 nitrogen and oxygen atoms in total. The fourth-order valence-corrected chi connectivity index (χ4v) is 1.99. The fourth-order valence-electron chi connectivity index (χ4n) is 1.99. The number of aryl methyl sites for hydroxylation is 1. The maximum Gasteiger partial charge on any atom is 0.293 e. The minimum atomic E-state index is -0.319. The SMILES string of the molecule is CCCNC(=O)c1ccn(C)c(=O)c1OCc1ccccc1. The first-order valence-corrected chi connectivity index (χ1v) is 7.28. The van der Waals surface area contributed by atoms with Crippen molar-refractivity contribution in [2.24, 2.45) is 7.05 Å². The number of aromatic nitrogens is 1. The van der Waals surface area contributed by atoms with E-state index >= 15 is 0 Å². The lowest BCUT2D eigenvalue weighted by atomic mass is 10.2. The Labute approximate surface area is 129 Å². The lowest BCUT2D eigenvalue weighted by Crippen LogP contribution is -2.28. The monoisotopic (exact) mass is 300 g/mol. The number of nitrogens with zero attached hydrogens (tertiary/aromatic N) is 1. The molecule has 0 aliphatic heterocycles. The molecule has 1 aromatic heterocycles. The summed E-state index contributed by atoms with van der Waals surface area (Å²) in [5.41, 5.74) is 0.890. The summed E-state index contributed by atoms with van der Waals surface area (Å²) in [6, 6.07) is 11.1. The third kappa shape index (κ3) is 3.75. The van der Waals surface area contributed by atoms with Crippen molar-refractivity contribution in [3.8, 4) is 5.75 Å². The van der Waals surface area contributed by atoms with Gasteiger partial charge in [-0.15, -0.1) is 0 Å². The summed E-state index contributed by atoms with van der Waals surface area (Å²) >= 11 is 0. The molecule has 22 heavy (non-hydrogen) atoms. The van der Waals surface area contributed by atoms with Crippen molar-refractivity contribution in [3.63, 3.8) is 0 Å². The number of carbonyl (C=O) groups excluding carboxylic acids is 1. The molecule has 116 valence electrons. The number of benzene rings is 1. The van der Waals surface area contributed by atoms with Gasteiger partial charge in [-0.3, -0.25) is 9.59 Å². The Bertz CT molecular complexity index is 693. The van der Waals surface area contributed by atoms with Gasteiger partial charge < -0.3 is 14.6 Å². The molecule has 2 rings (SSSR count). The number of pyridine rings is 1. The van der Waals surface area contributed by atoms with Gasteiger partial charge in [0.2, 0.25) is 0 Å². The molecule has 1 heterocycles. The van der Waals surface area contributed by atoms with Gasteiger partial charge in [0, 0.05) is 19.8 Å². The van der Waals surface area contributed by atoms with Gasteiger partial charge in [0.25, 0.3) is 11.5 Å². The van der Waals surface area contributed by atoms with Crippen LogP contribution in [-0.2, 0) is 13.7 Å². The molecule has 0 atom stereocenters. The van der Waals surface area contributed by atoms with Crippen molar-refractivity contribution in [3.05, 3.63) is 64.1 Å². The number of hydrogen-bond acceptors (Lipinski definition) is 3. The maximum absolute atomic E-state index is 12.2. The van der Waals surface area contributed by atoms with Crippen LogP contribution in [0, 0.1) is 0 Å². The van der Waals surface area contributed by atoms with Gasteiger partial charge in [-0.25, -0.2) is 0 Å². The highest BCUT2D eigenvalue weighted by molar-refractivity contribution is 5.96. The highest BCUT2D eigenvalue weighted by Gasteiger charge is 2.16. The first-order valence-electron chi connectivity index (χ1n) is 7.28. The minimum absolute atomic E-state index is 0.0856. The average molecular weight is 300 g/mol. The molecule has 0 fully saturated rings. The van der Waals surface area contributed by atoms with Crippen LogP contribution in [0.15, 0.2) is 47.4 Å². The third-order valence-electron chi connectivity index (χ3n) is 3.23. The Hall–Kier alpha value is -2.56. The average Bonchev–Trinajstić information content (AvgIpc) is 2.55. The maximum atomic E-state index is 12.2. The van der Waals surface area contributed by atoms with Crippen LogP contribution in [0.1, 0.15) is 29.3 Å². The lowest BCUT2D eigenvalue weighted by molar-refractivity contribution is 0.0948. The normalized spacial score (nSPS) is 10.3. The molecule has 0 aliphatic carbocycles. The molecule has 1 N–H and O–H groups in total. The van der Waals surface area contributed by atoms with Crippen LogP contribution in [0.4, 0.5) is 0 Å². The molecule has 0 bridgehead atoms. The number of rotatable bonds is 6. The molecule has 0 spiro atoms. The summed E-state index contributed by atoms with van der Waals surface area (Å²) < 4.78 is 7.04. The zero-order valence-electron chi connectivity index (χ0n) is 12.8. The van der Waals surface area contributed by atoms with Crippen LogP contribution < -0.4 is 15.6 Å². The lowest BCUT2D eigenvalue weighted by Gasteiger charge is -2.12. The van der Waals surface area contributed by atoms with Gasteiger partial charge in [0.05, 0.1) is 5.56 Å². The highest BCUT2D eigenvalue weighted by Crippen LogP contribution is 2.14. The van der Waals surface area contributed by atoms with Gasteiger partial charge in [-0.1, -0.05) is 37.3 Å². The fraction of sp³-hybridized carbons (Fsp3) is 0.294. The van der Waals surface area contributed by atoms with Crippen LogP contribution in [0.2, 0.25) is 0 Å². The standard InChI is InChI=1S/C17H20N2O3/c1-3-10-18-16(20)14-9-11-19(2)17(21)15(14)22-12-13-7-5-4-6-8-13/h4-9,11H,3,10,12H2,1-2H3,(H,18,20). The minimum Gasteiger partial charge on any atom is -0.482 e. The Balaban J connectivity index is 2.25. The van der Waals surface area contributed by atoms with Crippen molar-refractivity contribution < 1.29 is 9.53 Å². The van der Waals surface area contributed by atoms with E-state index in [4.69, 9.17) is 4.74 Å². The number of hydrogen-bond donors (Lipinski definition) is 1. The zero-order valence-corrected chi connectivity index (χ0v) is 12.8. The van der Waals surface area contributed by atoms with Gasteiger partial charge >= 0.3 is 0 Å². The second-order valence-corrected chi connectivity index (χ2v) is 5.00. The summed E-state index contributed by atoms with van der Waals surface area (Å²) in [5.74, 6) is -0.204. The van der Waals surface area contributed by atoms with Gasteiger partial charge in [0.15, 0.2) is 5.75 Å². The van der Waals surface area contributed by atoms with Gasteiger partial charge in [-0.2, -0.15) is 0 Å². The molecule has 0 saturated carbocycles. The summed E-state index contributed by atoms with van der Waals surface area (Å²) in [4.78, 5) is 24.4. The van der Waals surface area contributed by atoms with E-state index in [1.165, 1.54) is 4.57 Å². The molecule has 0 aliphatic rings. The van der Waals surface area contributed by atoms with Crippen LogP contribution in [0.3, 0.4) is 0 Å². The van der Waals surface area contributed by atoms with E-state index in [1.807, 2.05) is 37.3 Å². The first-order chi connectivity index (χ1) is 10.6. The molecule has 0 saturated heterocycles. The number of carbonyl (C=O) groups is 1. The van der Waals surface area contributed by atoms with Crippen molar-refractivity contribution in [2.45, 2.75) is 20.0 Å².